The predicted octanol–water partition coefficient (Wildman–Crippen LogP) is 2.02. The number of hydrogen-bond donors (Lipinski definition) is 0. The van der Waals surface area contributed by atoms with Gasteiger partial charge in [-0.05, 0) is 19.8 Å². The largest absolute Gasteiger partial charge is 0.328 e. The average molecular weight is 214 g/mol. The highest BCUT2D eigenvalue weighted by atomic mass is 35.5. The second kappa shape index (κ2) is 5.93. The lowest BCUT2D eigenvalue weighted by Gasteiger charge is -2.26. The molecule has 0 unspecified atom stereocenters. The van der Waals surface area contributed by atoms with Crippen molar-refractivity contribution >= 4 is 17.5 Å². The molecule has 0 aromatic carbocycles. The molecule has 1 rings (SSSR count). The molecule has 1 saturated carbocycles. The van der Waals surface area contributed by atoms with Crippen LogP contribution in [-0.4, -0.2) is 29.3 Å². The molecule has 0 radical (unpaired) electrons. The molecule has 1 aliphatic carbocycles. The van der Waals surface area contributed by atoms with Crippen LogP contribution in [0.3, 0.4) is 0 Å². The molecule has 0 aromatic heterocycles. The van der Waals surface area contributed by atoms with Gasteiger partial charge in [-0.25, -0.2) is 0 Å². The van der Waals surface area contributed by atoms with Crippen LogP contribution in [0.5, 0.6) is 0 Å². The second-order valence-corrected chi connectivity index (χ2v) is 3.79. The minimum atomic E-state index is 0.0151. The zero-order chi connectivity index (χ0) is 10.4. The lowest BCUT2D eigenvalue weighted by Crippen LogP contribution is -2.39. The van der Waals surface area contributed by atoms with Crippen molar-refractivity contribution in [3.05, 3.63) is 0 Å². The quantitative estimate of drug-likeness (QED) is 0.519. The number of nitrogens with zero attached hydrogens (tertiary/aromatic N) is 1. The molecule has 14 heavy (non-hydrogen) atoms. The summed E-state index contributed by atoms with van der Waals surface area (Å²) >= 11 is 5.56. The van der Waals surface area contributed by atoms with E-state index in [1.165, 1.54) is 12.8 Å². The standard InChI is InChI=1S/C11H16ClNO/c1-2-3-8-13(11(14)9-12)10-6-4-5-7-10/h10H,4-9H2,1H3. The summed E-state index contributed by atoms with van der Waals surface area (Å²) in [6, 6.07) is 0.377. The van der Waals surface area contributed by atoms with E-state index in [1.807, 2.05) is 4.90 Å². The summed E-state index contributed by atoms with van der Waals surface area (Å²) in [6.07, 6.45) is 4.65. The van der Waals surface area contributed by atoms with Crippen LogP contribution in [-0.2, 0) is 4.79 Å². The summed E-state index contributed by atoms with van der Waals surface area (Å²) in [5.74, 6) is 5.84. The molecule has 0 saturated heterocycles. The zero-order valence-corrected chi connectivity index (χ0v) is 9.31. The smallest absolute Gasteiger partial charge is 0.238 e. The third kappa shape index (κ3) is 2.92. The topological polar surface area (TPSA) is 20.3 Å². The van der Waals surface area contributed by atoms with Crippen molar-refractivity contribution < 1.29 is 4.79 Å². The first kappa shape index (κ1) is 11.4. The van der Waals surface area contributed by atoms with Crippen molar-refractivity contribution in [3.8, 4) is 11.8 Å². The Morgan fingerprint density at radius 3 is 2.64 bits per heavy atom. The summed E-state index contributed by atoms with van der Waals surface area (Å²) in [6.45, 7) is 2.32. The Labute approximate surface area is 90.6 Å². The van der Waals surface area contributed by atoms with Crippen molar-refractivity contribution in [1.29, 1.82) is 0 Å². The van der Waals surface area contributed by atoms with E-state index in [-0.39, 0.29) is 11.8 Å². The normalized spacial score (nSPS) is 16.1. The number of alkyl halides is 1. The van der Waals surface area contributed by atoms with E-state index in [2.05, 4.69) is 11.8 Å². The molecule has 0 bridgehead atoms. The fourth-order valence-electron chi connectivity index (χ4n) is 1.88. The molecule has 3 heteroatoms. The lowest BCUT2D eigenvalue weighted by atomic mass is 10.2. The van der Waals surface area contributed by atoms with E-state index in [1.54, 1.807) is 6.92 Å². The van der Waals surface area contributed by atoms with Gasteiger partial charge in [-0.2, -0.15) is 0 Å². The monoisotopic (exact) mass is 213 g/mol. The third-order valence-corrected chi connectivity index (χ3v) is 2.85. The molecule has 0 heterocycles. The van der Waals surface area contributed by atoms with Gasteiger partial charge in [0.15, 0.2) is 0 Å². The predicted molar refractivity (Wildman–Crippen MR) is 58.1 cm³/mol. The third-order valence-electron chi connectivity index (χ3n) is 2.63. The highest BCUT2D eigenvalue weighted by Crippen LogP contribution is 2.23. The lowest BCUT2D eigenvalue weighted by molar-refractivity contribution is -0.129. The van der Waals surface area contributed by atoms with E-state index >= 15 is 0 Å². The van der Waals surface area contributed by atoms with Gasteiger partial charge in [0.25, 0.3) is 0 Å². The molecule has 0 N–H and O–H groups in total. The van der Waals surface area contributed by atoms with Gasteiger partial charge in [-0.15, -0.1) is 17.5 Å². The maximum absolute atomic E-state index is 11.5. The summed E-state index contributed by atoms with van der Waals surface area (Å²) in [7, 11) is 0. The van der Waals surface area contributed by atoms with Crippen LogP contribution in [0.1, 0.15) is 32.6 Å². The molecule has 78 valence electrons. The molecular formula is C11H16ClNO. The first-order chi connectivity index (χ1) is 6.79. The number of rotatable bonds is 3. The first-order valence-corrected chi connectivity index (χ1v) is 5.58. The minimum Gasteiger partial charge on any atom is -0.328 e. The van der Waals surface area contributed by atoms with Crippen LogP contribution in [0.4, 0.5) is 0 Å². The summed E-state index contributed by atoms with van der Waals surface area (Å²) in [5.41, 5.74) is 0. The number of carbonyl (C=O) groups is 1. The van der Waals surface area contributed by atoms with Crippen LogP contribution in [0, 0.1) is 11.8 Å². The van der Waals surface area contributed by atoms with E-state index in [0.29, 0.717) is 12.6 Å². The highest BCUT2D eigenvalue weighted by Gasteiger charge is 2.25. The Morgan fingerprint density at radius 2 is 2.14 bits per heavy atom. The van der Waals surface area contributed by atoms with Crippen molar-refractivity contribution in [2.45, 2.75) is 38.6 Å². The van der Waals surface area contributed by atoms with Gasteiger partial charge in [-0.3, -0.25) is 4.79 Å². The molecule has 0 atom stereocenters. The number of carbonyl (C=O) groups excluding carboxylic acids is 1. The zero-order valence-electron chi connectivity index (χ0n) is 8.55. The van der Waals surface area contributed by atoms with Crippen LogP contribution >= 0.6 is 11.6 Å². The minimum absolute atomic E-state index is 0.0151. The molecule has 0 aromatic rings. The maximum Gasteiger partial charge on any atom is 0.238 e. The van der Waals surface area contributed by atoms with E-state index < -0.39 is 0 Å². The van der Waals surface area contributed by atoms with Gasteiger partial charge >= 0.3 is 0 Å². The van der Waals surface area contributed by atoms with Gasteiger partial charge in [0.2, 0.25) is 5.91 Å². The maximum atomic E-state index is 11.5. The van der Waals surface area contributed by atoms with Crippen LogP contribution in [0.25, 0.3) is 0 Å². The van der Waals surface area contributed by atoms with Gasteiger partial charge in [0.05, 0.1) is 6.54 Å². The second-order valence-electron chi connectivity index (χ2n) is 3.52. The van der Waals surface area contributed by atoms with Crippen molar-refractivity contribution in [3.63, 3.8) is 0 Å². The van der Waals surface area contributed by atoms with E-state index in [9.17, 15) is 4.79 Å². The molecule has 1 amide bonds. The SMILES string of the molecule is CC#CCN(C(=O)CCl)C1CCCC1. The van der Waals surface area contributed by atoms with Crippen molar-refractivity contribution in [1.82, 2.24) is 4.90 Å². The first-order valence-electron chi connectivity index (χ1n) is 5.04. The van der Waals surface area contributed by atoms with E-state index in [4.69, 9.17) is 11.6 Å². The van der Waals surface area contributed by atoms with E-state index in [0.717, 1.165) is 12.8 Å². The molecule has 1 fully saturated rings. The highest BCUT2D eigenvalue weighted by molar-refractivity contribution is 6.27. The average Bonchev–Trinajstić information content (AvgIpc) is 2.71. The fourth-order valence-corrected chi connectivity index (χ4v) is 2.03. The van der Waals surface area contributed by atoms with Gasteiger partial charge < -0.3 is 4.90 Å². The van der Waals surface area contributed by atoms with Gasteiger partial charge in [0, 0.05) is 6.04 Å². The van der Waals surface area contributed by atoms with Crippen LogP contribution < -0.4 is 0 Å². The fraction of sp³-hybridized carbons (Fsp3) is 0.727. The van der Waals surface area contributed by atoms with Gasteiger partial charge in [0.1, 0.15) is 5.88 Å². The molecule has 1 aliphatic rings. The Hall–Kier alpha value is -0.680. The van der Waals surface area contributed by atoms with Crippen molar-refractivity contribution in [2.75, 3.05) is 12.4 Å². The summed E-state index contributed by atoms with van der Waals surface area (Å²) in [4.78, 5) is 13.4. The van der Waals surface area contributed by atoms with Crippen molar-refractivity contribution in [2.24, 2.45) is 0 Å². The molecule has 0 aliphatic heterocycles. The summed E-state index contributed by atoms with van der Waals surface area (Å²) < 4.78 is 0. The van der Waals surface area contributed by atoms with Gasteiger partial charge in [-0.1, -0.05) is 18.8 Å². The summed E-state index contributed by atoms with van der Waals surface area (Å²) in [5, 5.41) is 0. The Bertz CT molecular complexity index is 248. The number of halogens is 1. The molecular weight excluding hydrogens is 198 g/mol. The Morgan fingerprint density at radius 1 is 1.50 bits per heavy atom. The van der Waals surface area contributed by atoms with Crippen LogP contribution in [0.15, 0.2) is 0 Å². The Kier molecular flexibility index (Phi) is 4.82. The number of hydrogen-bond acceptors (Lipinski definition) is 1. The molecule has 2 nitrogen and oxygen atoms in total. The Balaban J connectivity index is 2.58. The number of amides is 1. The van der Waals surface area contributed by atoms with Crippen LogP contribution in [0.2, 0.25) is 0 Å². The molecule has 0 spiro atoms.